The van der Waals surface area contributed by atoms with Gasteiger partial charge in [-0.05, 0) is 12.1 Å². The van der Waals surface area contributed by atoms with Crippen molar-refractivity contribution in [2.24, 2.45) is 0 Å². The van der Waals surface area contributed by atoms with Gasteiger partial charge in [0.25, 0.3) is 0 Å². The normalized spacial score (nSPS) is 10.2. The molecule has 2 aromatic carbocycles. The number of carbonyl (C=O) groups is 1. The van der Waals surface area contributed by atoms with Crippen molar-refractivity contribution in [1.82, 2.24) is 0 Å². The molecule has 0 N–H and O–H groups in total. The molecule has 0 radical (unpaired) electrons. The van der Waals surface area contributed by atoms with Gasteiger partial charge in [0.15, 0.2) is 0 Å². The number of benzene rings is 2. The molecule has 0 atom stereocenters. The third-order valence-electron chi connectivity index (χ3n) is 2.64. The number of hydrogen-bond donors (Lipinski definition) is 0. The Morgan fingerprint density at radius 2 is 2.00 bits per heavy atom. The third-order valence-corrected chi connectivity index (χ3v) is 3.69. The molecule has 0 fully saturated rings. The minimum absolute atomic E-state index is 0.260. The van der Waals surface area contributed by atoms with Crippen molar-refractivity contribution in [3.63, 3.8) is 0 Å². The van der Waals surface area contributed by atoms with Crippen molar-refractivity contribution < 1.29 is 14.1 Å². The minimum atomic E-state index is -0.809. The molecule has 0 saturated heterocycles. The first-order chi connectivity index (χ1) is 9.61. The fourth-order valence-corrected chi connectivity index (χ4v) is 2.60. The molecule has 102 valence electrons. The molecule has 20 heavy (non-hydrogen) atoms. The van der Waals surface area contributed by atoms with Crippen LogP contribution in [0.4, 0.5) is 10.1 Å². The van der Waals surface area contributed by atoms with Gasteiger partial charge in [0.2, 0.25) is 5.82 Å². The summed E-state index contributed by atoms with van der Waals surface area (Å²) in [4.78, 5) is 21.4. The van der Waals surface area contributed by atoms with Crippen molar-refractivity contribution in [1.29, 1.82) is 0 Å². The highest BCUT2D eigenvalue weighted by atomic mass is 32.2. The van der Waals surface area contributed by atoms with Crippen LogP contribution in [0.5, 0.6) is 0 Å². The van der Waals surface area contributed by atoms with Gasteiger partial charge >= 0.3 is 5.69 Å². The standard InChI is InChI=1S/C14H10FNO3S/c15-14-11(4-2-6-13(14)16(18)19)9-20-12-5-1-3-10(7-12)8-17/h1-8H,9H2. The smallest absolute Gasteiger partial charge is 0.298 e. The van der Waals surface area contributed by atoms with Crippen molar-refractivity contribution >= 4 is 23.7 Å². The van der Waals surface area contributed by atoms with Crippen LogP contribution < -0.4 is 0 Å². The number of nitro benzene ring substituents is 1. The molecule has 0 bridgehead atoms. The van der Waals surface area contributed by atoms with Crippen molar-refractivity contribution in [2.75, 3.05) is 0 Å². The van der Waals surface area contributed by atoms with Crippen LogP contribution in [0.25, 0.3) is 0 Å². The highest BCUT2D eigenvalue weighted by molar-refractivity contribution is 7.98. The molecule has 0 amide bonds. The molecule has 0 aromatic heterocycles. The van der Waals surface area contributed by atoms with E-state index in [-0.39, 0.29) is 11.3 Å². The van der Waals surface area contributed by atoms with Crippen LogP contribution >= 0.6 is 11.8 Å². The number of hydrogen-bond acceptors (Lipinski definition) is 4. The Kier molecular flexibility index (Phi) is 4.47. The van der Waals surface area contributed by atoms with Crippen LogP contribution in [0.3, 0.4) is 0 Å². The van der Waals surface area contributed by atoms with E-state index in [0.29, 0.717) is 5.56 Å². The Hall–Kier alpha value is -2.21. The second-order valence-corrected chi connectivity index (χ2v) is 5.04. The van der Waals surface area contributed by atoms with Crippen LogP contribution in [-0.2, 0) is 5.75 Å². The van der Waals surface area contributed by atoms with Gasteiger partial charge in [-0.2, -0.15) is 4.39 Å². The molecule has 4 nitrogen and oxygen atoms in total. The average Bonchev–Trinajstić information content (AvgIpc) is 2.46. The van der Waals surface area contributed by atoms with E-state index in [9.17, 15) is 19.3 Å². The first kappa shape index (κ1) is 14.2. The van der Waals surface area contributed by atoms with E-state index in [1.165, 1.54) is 23.9 Å². The lowest BCUT2D eigenvalue weighted by molar-refractivity contribution is -0.387. The SMILES string of the molecule is O=Cc1cccc(SCc2cccc([N+](=O)[O-])c2F)c1. The van der Waals surface area contributed by atoms with Gasteiger partial charge in [-0.1, -0.05) is 24.3 Å². The second kappa shape index (κ2) is 6.29. The molecule has 0 aliphatic heterocycles. The number of thioether (sulfide) groups is 1. The summed E-state index contributed by atoms with van der Waals surface area (Å²) in [7, 11) is 0. The molecular weight excluding hydrogens is 281 g/mol. The molecule has 2 aromatic rings. The largest absolute Gasteiger partial charge is 0.305 e. The van der Waals surface area contributed by atoms with Gasteiger partial charge in [0.1, 0.15) is 6.29 Å². The van der Waals surface area contributed by atoms with Crippen molar-refractivity contribution in [3.05, 3.63) is 69.5 Å². The van der Waals surface area contributed by atoms with Crippen LogP contribution in [0.15, 0.2) is 47.4 Å². The van der Waals surface area contributed by atoms with Gasteiger partial charge in [-0.3, -0.25) is 14.9 Å². The highest BCUT2D eigenvalue weighted by Gasteiger charge is 2.16. The Labute approximate surface area is 118 Å². The van der Waals surface area contributed by atoms with Crippen molar-refractivity contribution in [3.8, 4) is 0 Å². The molecule has 0 spiro atoms. The summed E-state index contributed by atoms with van der Waals surface area (Å²) >= 11 is 1.32. The zero-order valence-corrected chi connectivity index (χ0v) is 11.1. The summed E-state index contributed by atoms with van der Waals surface area (Å²) in [6, 6.07) is 11.0. The molecule has 0 saturated carbocycles. The fraction of sp³-hybridized carbons (Fsp3) is 0.0714. The van der Waals surface area contributed by atoms with E-state index in [1.807, 2.05) is 0 Å². The lowest BCUT2D eigenvalue weighted by atomic mass is 10.2. The summed E-state index contributed by atoms with van der Waals surface area (Å²) in [6.07, 6.45) is 0.734. The number of carbonyl (C=O) groups excluding carboxylic acids is 1. The molecule has 6 heteroatoms. The summed E-state index contributed by atoms with van der Waals surface area (Å²) in [5.41, 5.74) is 0.278. The summed E-state index contributed by atoms with van der Waals surface area (Å²) in [5.74, 6) is -0.549. The number of nitrogens with zero attached hydrogens (tertiary/aromatic N) is 1. The Balaban J connectivity index is 2.16. The first-order valence-corrected chi connectivity index (χ1v) is 6.70. The number of halogens is 1. The monoisotopic (exact) mass is 291 g/mol. The summed E-state index contributed by atoms with van der Waals surface area (Å²) < 4.78 is 13.9. The average molecular weight is 291 g/mol. The van der Waals surface area contributed by atoms with E-state index in [1.54, 1.807) is 24.3 Å². The Morgan fingerprint density at radius 3 is 2.70 bits per heavy atom. The van der Waals surface area contributed by atoms with E-state index in [2.05, 4.69) is 0 Å². The minimum Gasteiger partial charge on any atom is -0.298 e. The zero-order chi connectivity index (χ0) is 14.5. The van der Waals surface area contributed by atoms with Gasteiger partial charge in [0.05, 0.1) is 4.92 Å². The maximum absolute atomic E-state index is 13.9. The van der Waals surface area contributed by atoms with Crippen LogP contribution in [0.1, 0.15) is 15.9 Å². The maximum Gasteiger partial charge on any atom is 0.305 e. The first-order valence-electron chi connectivity index (χ1n) is 5.71. The summed E-state index contributed by atoms with van der Waals surface area (Å²) in [5, 5.41) is 10.7. The number of nitro groups is 1. The topological polar surface area (TPSA) is 60.2 Å². The number of rotatable bonds is 5. The Bertz CT molecular complexity index is 661. The molecule has 0 unspecified atom stereocenters. The predicted molar refractivity (Wildman–Crippen MR) is 74.4 cm³/mol. The number of aldehydes is 1. The van der Waals surface area contributed by atoms with Crippen molar-refractivity contribution in [2.45, 2.75) is 10.6 Å². The Morgan fingerprint density at radius 1 is 1.25 bits per heavy atom. The zero-order valence-electron chi connectivity index (χ0n) is 10.3. The molecule has 2 rings (SSSR count). The fourth-order valence-electron chi connectivity index (χ4n) is 1.66. The van der Waals surface area contributed by atoms with Crippen LogP contribution in [0.2, 0.25) is 0 Å². The van der Waals surface area contributed by atoms with Crippen LogP contribution in [0, 0.1) is 15.9 Å². The highest BCUT2D eigenvalue weighted by Crippen LogP contribution is 2.27. The molecule has 0 aliphatic rings. The van der Waals surface area contributed by atoms with Gasteiger partial charge in [-0.15, -0.1) is 11.8 Å². The summed E-state index contributed by atoms with van der Waals surface area (Å²) in [6.45, 7) is 0. The van der Waals surface area contributed by atoms with E-state index >= 15 is 0 Å². The van der Waals surface area contributed by atoms with Crippen LogP contribution in [-0.4, -0.2) is 11.2 Å². The van der Waals surface area contributed by atoms with Gasteiger partial charge in [-0.25, -0.2) is 0 Å². The second-order valence-electron chi connectivity index (χ2n) is 3.99. The lowest BCUT2D eigenvalue weighted by Crippen LogP contribution is -1.96. The van der Waals surface area contributed by atoms with Gasteiger partial charge in [0, 0.05) is 27.8 Å². The maximum atomic E-state index is 13.9. The lowest BCUT2D eigenvalue weighted by Gasteiger charge is -2.04. The molecular formula is C14H10FNO3S. The van der Waals surface area contributed by atoms with E-state index < -0.39 is 16.4 Å². The quantitative estimate of drug-likeness (QED) is 0.363. The van der Waals surface area contributed by atoms with Gasteiger partial charge < -0.3 is 0 Å². The molecule has 0 aliphatic carbocycles. The third kappa shape index (κ3) is 3.21. The molecule has 0 heterocycles. The predicted octanol–water partition coefficient (Wildman–Crippen LogP) is 3.84. The van der Waals surface area contributed by atoms with E-state index in [4.69, 9.17) is 0 Å². The van der Waals surface area contributed by atoms with E-state index in [0.717, 1.165) is 17.2 Å².